The fourth-order valence-electron chi connectivity index (χ4n) is 3.45. The van der Waals surface area contributed by atoms with E-state index in [-0.39, 0.29) is 5.78 Å². The molecule has 0 spiro atoms. The van der Waals surface area contributed by atoms with Crippen LogP contribution in [0.15, 0.2) is 6.07 Å². The Kier molecular flexibility index (Phi) is 5.22. The second kappa shape index (κ2) is 6.75. The van der Waals surface area contributed by atoms with Gasteiger partial charge in [0.15, 0.2) is 5.78 Å². The molecule has 118 valence electrons. The summed E-state index contributed by atoms with van der Waals surface area (Å²) in [6.07, 6.45) is 1.14. The molecule has 1 aliphatic rings. The highest BCUT2D eigenvalue weighted by Crippen LogP contribution is 2.17. The van der Waals surface area contributed by atoms with Crippen LogP contribution in [0.4, 0.5) is 0 Å². The summed E-state index contributed by atoms with van der Waals surface area (Å²) in [4.78, 5) is 17.3. The van der Waals surface area contributed by atoms with Gasteiger partial charge < -0.3 is 9.47 Å². The maximum absolute atomic E-state index is 12.6. The number of nitrogens with zero attached hydrogens (tertiary/aromatic N) is 3. The zero-order chi connectivity index (χ0) is 15.6. The van der Waals surface area contributed by atoms with Crippen molar-refractivity contribution < 1.29 is 4.79 Å². The third kappa shape index (κ3) is 3.38. The van der Waals surface area contributed by atoms with Gasteiger partial charge in [0.1, 0.15) is 0 Å². The smallest absolute Gasteiger partial charge is 0.178 e. The van der Waals surface area contributed by atoms with Crippen LogP contribution in [0.25, 0.3) is 0 Å². The largest absolute Gasteiger partial charge is 0.349 e. The summed E-state index contributed by atoms with van der Waals surface area (Å²) in [6.45, 7) is 13.0. The molecule has 4 heteroatoms. The van der Waals surface area contributed by atoms with E-state index in [1.54, 1.807) is 0 Å². The van der Waals surface area contributed by atoms with E-state index in [4.69, 9.17) is 0 Å². The summed E-state index contributed by atoms with van der Waals surface area (Å²) in [5, 5.41) is 0. The van der Waals surface area contributed by atoms with Gasteiger partial charge in [-0.2, -0.15) is 0 Å². The van der Waals surface area contributed by atoms with Crippen LogP contribution in [0, 0.1) is 13.8 Å². The number of hydrogen-bond acceptors (Lipinski definition) is 3. The van der Waals surface area contributed by atoms with Crippen molar-refractivity contribution in [1.82, 2.24) is 14.4 Å². The number of likely N-dealkylation sites (N-methyl/N-ethyl adjacent to an activating group) is 1. The second-order valence-corrected chi connectivity index (χ2v) is 6.23. The number of carbonyl (C=O) groups excluding carboxylic acids is 1. The minimum absolute atomic E-state index is 0.266. The lowest BCUT2D eigenvalue weighted by atomic mass is 10.1. The normalized spacial score (nSPS) is 20.9. The average Bonchev–Trinajstić information content (AvgIpc) is 2.75. The van der Waals surface area contributed by atoms with E-state index in [1.807, 2.05) is 0 Å². The van der Waals surface area contributed by atoms with Gasteiger partial charge >= 0.3 is 0 Å². The molecule has 2 rings (SSSR count). The first-order valence-corrected chi connectivity index (χ1v) is 8.10. The highest BCUT2D eigenvalue weighted by Gasteiger charge is 2.25. The summed E-state index contributed by atoms with van der Waals surface area (Å²) in [6, 6.07) is 2.63. The molecule has 1 unspecified atom stereocenters. The molecule has 0 amide bonds. The van der Waals surface area contributed by atoms with Crippen LogP contribution in [0.2, 0.25) is 0 Å². The zero-order valence-electron chi connectivity index (χ0n) is 14.1. The molecular weight excluding hydrogens is 262 g/mol. The number of rotatable bonds is 5. The molecule has 0 bridgehead atoms. The summed E-state index contributed by atoms with van der Waals surface area (Å²) < 4.78 is 2.21. The number of aryl methyl sites for hydroxylation is 1. The number of hydrogen-bond donors (Lipinski definition) is 0. The summed E-state index contributed by atoms with van der Waals surface area (Å²) >= 11 is 0. The molecule has 0 saturated carbocycles. The van der Waals surface area contributed by atoms with Gasteiger partial charge in [0.2, 0.25) is 0 Å². The van der Waals surface area contributed by atoms with Crippen molar-refractivity contribution in [3.05, 3.63) is 23.0 Å². The predicted molar refractivity (Wildman–Crippen MR) is 87.1 cm³/mol. The number of carbonyl (C=O) groups is 1. The van der Waals surface area contributed by atoms with Crippen molar-refractivity contribution in [2.45, 2.75) is 46.7 Å². The fraction of sp³-hybridized carbons (Fsp3) is 0.706. The Morgan fingerprint density at radius 3 is 2.57 bits per heavy atom. The topological polar surface area (TPSA) is 28.5 Å². The van der Waals surface area contributed by atoms with Crippen LogP contribution in [0.3, 0.4) is 0 Å². The molecule has 1 aromatic rings. The van der Waals surface area contributed by atoms with Gasteiger partial charge in [0, 0.05) is 49.2 Å². The Hall–Kier alpha value is -1.13. The highest BCUT2D eigenvalue weighted by molar-refractivity contribution is 5.99. The first-order chi connectivity index (χ1) is 9.97. The van der Waals surface area contributed by atoms with Crippen LogP contribution in [-0.2, 0) is 6.54 Å². The van der Waals surface area contributed by atoms with Crippen LogP contribution in [-0.4, -0.2) is 59.4 Å². The first-order valence-electron chi connectivity index (χ1n) is 8.10. The quantitative estimate of drug-likeness (QED) is 0.780. The lowest BCUT2D eigenvalue weighted by Gasteiger charge is -2.38. The van der Waals surface area contributed by atoms with Crippen LogP contribution >= 0.6 is 0 Å². The molecule has 0 aliphatic carbocycles. The molecule has 1 saturated heterocycles. The van der Waals surface area contributed by atoms with Crippen molar-refractivity contribution in [1.29, 1.82) is 0 Å². The van der Waals surface area contributed by atoms with Crippen molar-refractivity contribution in [2.75, 3.05) is 33.2 Å². The standard InChI is InChI=1S/C17H29N3O/c1-6-15-11-19(9-8-18(15)5)12-17(21)16-10-13(3)20(7-2)14(16)4/h10,15H,6-9,11-12H2,1-5H3. The Morgan fingerprint density at radius 2 is 2.00 bits per heavy atom. The predicted octanol–water partition coefficient (Wildman–Crippen LogP) is 2.33. The van der Waals surface area contributed by atoms with Crippen LogP contribution in [0.1, 0.15) is 42.0 Å². The minimum atomic E-state index is 0.266. The van der Waals surface area contributed by atoms with Crippen molar-refractivity contribution >= 4 is 5.78 Å². The van der Waals surface area contributed by atoms with E-state index in [2.05, 4.69) is 55.2 Å². The maximum Gasteiger partial charge on any atom is 0.178 e. The van der Waals surface area contributed by atoms with Gasteiger partial charge in [-0.05, 0) is 40.3 Å². The van der Waals surface area contributed by atoms with E-state index >= 15 is 0 Å². The molecule has 1 atom stereocenters. The Morgan fingerprint density at radius 1 is 1.29 bits per heavy atom. The number of piperazine rings is 1. The molecule has 2 heterocycles. The molecule has 0 aromatic carbocycles. The van der Waals surface area contributed by atoms with Crippen molar-refractivity contribution in [3.63, 3.8) is 0 Å². The monoisotopic (exact) mass is 291 g/mol. The van der Waals surface area contributed by atoms with Crippen LogP contribution in [0.5, 0.6) is 0 Å². The van der Waals surface area contributed by atoms with Gasteiger partial charge in [-0.1, -0.05) is 6.92 Å². The number of Topliss-reactive ketones (excluding diaryl/α,β-unsaturated/α-hetero) is 1. The van der Waals surface area contributed by atoms with Gasteiger partial charge in [-0.25, -0.2) is 0 Å². The molecule has 1 aliphatic heterocycles. The second-order valence-electron chi connectivity index (χ2n) is 6.23. The Labute approximate surface area is 128 Å². The van der Waals surface area contributed by atoms with Crippen molar-refractivity contribution in [3.8, 4) is 0 Å². The maximum atomic E-state index is 12.6. The van der Waals surface area contributed by atoms with E-state index in [0.29, 0.717) is 12.6 Å². The minimum Gasteiger partial charge on any atom is -0.349 e. The van der Waals surface area contributed by atoms with Gasteiger partial charge in [-0.15, -0.1) is 0 Å². The lowest BCUT2D eigenvalue weighted by molar-refractivity contribution is 0.0742. The number of ketones is 1. The molecule has 0 N–H and O–H groups in total. The number of aromatic nitrogens is 1. The zero-order valence-corrected chi connectivity index (χ0v) is 14.1. The Balaban J connectivity index is 2.05. The summed E-state index contributed by atoms with van der Waals surface area (Å²) in [7, 11) is 2.18. The van der Waals surface area contributed by atoms with E-state index in [0.717, 1.165) is 43.9 Å². The van der Waals surface area contributed by atoms with Crippen molar-refractivity contribution in [2.24, 2.45) is 0 Å². The summed E-state index contributed by atoms with van der Waals surface area (Å²) in [5.74, 6) is 0.266. The Bertz CT molecular complexity index is 506. The average molecular weight is 291 g/mol. The molecule has 1 aromatic heterocycles. The molecular formula is C17H29N3O. The third-order valence-electron chi connectivity index (χ3n) is 4.89. The SMILES string of the molecule is CCC1CN(CC(=O)c2cc(C)n(CC)c2C)CCN1C. The third-order valence-corrected chi connectivity index (χ3v) is 4.89. The lowest BCUT2D eigenvalue weighted by Crippen LogP contribution is -2.52. The van der Waals surface area contributed by atoms with Crippen LogP contribution < -0.4 is 0 Å². The highest BCUT2D eigenvalue weighted by atomic mass is 16.1. The van der Waals surface area contributed by atoms with Gasteiger partial charge in [0.25, 0.3) is 0 Å². The fourth-order valence-corrected chi connectivity index (χ4v) is 3.45. The van der Waals surface area contributed by atoms with Gasteiger partial charge in [-0.3, -0.25) is 9.69 Å². The van der Waals surface area contributed by atoms with Gasteiger partial charge in [0.05, 0.1) is 6.54 Å². The molecule has 4 nitrogen and oxygen atoms in total. The van der Waals surface area contributed by atoms with E-state index in [1.165, 1.54) is 5.69 Å². The molecule has 21 heavy (non-hydrogen) atoms. The summed E-state index contributed by atoms with van der Waals surface area (Å²) in [5.41, 5.74) is 3.20. The molecule has 1 fully saturated rings. The van der Waals surface area contributed by atoms with E-state index in [9.17, 15) is 4.79 Å². The molecule has 0 radical (unpaired) electrons. The van der Waals surface area contributed by atoms with E-state index < -0.39 is 0 Å². The first kappa shape index (κ1) is 16.2.